The van der Waals surface area contributed by atoms with Crippen LogP contribution in [0, 0.1) is 10.8 Å². The molecule has 0 aliphatic rings. The van der Waals surface area contributed by atoms with E-state index in [9.17, 15) is 4.79 Å². The average molecular weight is 312 g/mol. The van der Waals surface area contributed by atoms with Crippen LogP contribution < -0.4 is 4.74 Å². The SMILES string of the molecule is CC(C)(C)CCCOc1cnc(C(=O)C(C)(C)C)cc1Cl. The average Bonchev–Trinajstić information content (AvgIpc) is 2.32. The van der Waals surface area contributed by atoms with Gasteiger partial charge in [0, 0.05) is 5.41 Å². The Kier molecular flexibility index (Phi) is 5.80. The molecule has 118 valence electrons. The minimum atomic E-state index is -0.467. The van der Waals surface area contributed by atoms with Crippen LogP contribution in [0.25, 0.3) is 0 Å². The Morgan fingerprint density at radius 2 is 1.86 bits per heavy atom. The maximum atomic E-state index is 12.1. The van der Waals surface area contributed by atoms with Crippen LogP contribution in [0.4, 0.5) is 0 Å². The van der Waals surface area contributed by atoms with Crippen molar-refractivity contribution >= 4 is 17.4 Å². The Morgan fingerprint density at radius 1 is 1.24 bits per heavy atom. The van der Waals surface area contributed by atoms with E-state index >= 15 is 0 Å². The lowest BCUT2D eigenvalue weighted by atomic mass is 9.89. The summed E-state index contributed by atoms with van der Waals surface area (Å²) in [6.07, 6.45) is 3.58. The van der Waals surface area contributed by atoms with Crippen molar-refractivity contribution in [3.63, 3.8) is 0 Å². The Hall–Kier alpha value is -1.09. The van der Waals surface area contributed by atoms with Gasteiger partial charge in [0.25, 0.3) is 0 Å². The topological polar surface area (TPSA) is 39.2 Å². The molecular formula is C17H26ClNO2. The summed E-state index contributed by atoms with van der Waals surface area (Å²) in [6, 6.07) is 1.59. The molecule has 0 bridgehead atoms. The Balaban J connectivity index is 2.65. The van der Waals surface area contributed by atoms with E-state index in [1.165, 1.54) is 0 Å². The van der Waals surface area contributed by atoms with E-state index in [0.29, 0.717) is 28.5 Å². The number of carbonyl (C=O) groups excluding carboxylic acids is 1. The van der Waals surface area contributed by atoms with E-state index in [4.69, 9.17) is 16.3 Å². The summed E-state index contributed by atoms with van der Waals surface area (Å²) in [5, 5.41) is 0.438. The van der Waals surface area contributed by atoms with Crippen molar-refractivity contribution in [2.24, 2.45) is 10.8 Å². The number of rotatable bonds is 5. The fourth-order valence-electron chi connectivity index (χ4n) is 1.82. The number of ketones is 1. The predicted molar refractivity (Wildman–Crippen MR) is 87.2 cm³/mol. The monoisotopic (exact) mass is 311 g/mol. The Morgan fingerprint density at radius 3 is 2.33 bits per heavy atom. The molecule has 0 amide bonds. The lowest BCUT2D eigenvalue weighted by Crippen LogP contribution is -2.21. The van der Waals surface area contributed by atoms with E-state index in [1.54, 1.807) is 12.3 Å². The van der Waals surface area contributed by atoms with Crippen molar-refractivity contribution in [1.82, 2.24) is 4.98 Å². The Bertz CT molecular complexity index is 498. The van der Waals surface area contributed by atoms with Crippen LogP contribution >= 0.6 is 11.6 Å². The second-order valence-corrected chi connectivity index (χ2v) is 8.00. The molecule has 1 rings (SSSR count). The molecular weight excluding hydrogens is 286 g/mol. The number of halogens is 1. The van der Waals surface area contributed by atoms with E-state index in [-0.39, 0.29) is 5.78 Å². The number of hydrogen-bond acceptors (Lipinski definition) is 3. The van der Waals surface area contributed by atoms with E-state index in [2.05, 4.69) is 25.8 Å². The van der Waals surface area contributed by atoms with Gasteiger partial charge in [-0.1, -0.05) is 53.1 Å². The molecule has 0 unspecified atom stereocenters. The molecule has 0 aromatic carbocycles. The maximum Gasteiger partial charge on any atom is 0.186 e. The summed E-state index contributed by atoms with van der Waals surface area (Å²) in [7, 11) is 0. The van der Waals surface area contributed by atoms with Crippen molar-refractivity contribution in [2.75, 3.05) is 6.61 Å². The quantitative estimate of drug-likeness (QED) is 0.556. The molecule has 0 spiro atoms. The fraction of sp³-hybridized carbons (Fsp3) is 0.647. The molecule has 1 aromatic rings. The smallest absolute Gasteiger partial charge is 0.186 e. The molecule has 21 heavy (non-hydrogen) atoms. The summed E-state index contributed by atoms with van der Waals surface area (Å²) in [5.74, 6) is 0.514. The van der Waals surface area contributed by atoms with E-state index < -0.39 is 5.41 Å². The summed E-state index contributed by atoms with van der Waals surface area (Å²) < 4.78 is 5.65. The number of Topliss-reactive ketones (excluding diaryl/α,β-unsaturated/α-hetero) is 1. The number of hydrogen-bond donors (Lipinski definition) is 0. The van der Waals surface area contributed by atoms with Crippen LogP contribution in [0.3, 0.4) is 0 Å². The van der Waals surface area contributed by atoms with Gasteiger partial charge in [0.2, 0.25) is 0 Å². The first kappa shape index (κ1) is 18.0. The van der Waals surface area contributed by atoms with Gasteiger partial charge in [-0.3, -0.25) is 4.79 Å². The molecule has 0 aliphatic carbocycles. The van der Waals surface area contributed by atoms with Crippen molar-refractivity contribution in [2.45, 2.75) is 54.4 Å². The zero-order chi connectivity index (χ0) is 16.3. The first-order valence-electron chi connectivity index (χ1n) is 7.34. The van der Waals surface area contributed by atoms with Gasteiger partial charge in [-0.25, -0.2) is 4.98 Å². The van der Waals surface area contributed by atoms with Crippen LogP contribution in [0.5, 0.6) is 5.75 Å². The first-order valence-corrected chi connectivity index (χ1v) is 7.72. The molecule has 0 fully saturated rings. The molecule has 0 aliphatic heterocycles. The number of pyridine rings is 1. The van der Waals surface area contributed by atoms with Gasteiger partial charge in [0.15, 0.2) is 11.5 Å². The van der Waals surface area contributed by atoms with Crippen molar-refractivity contribution in [1.29, 1.82) is 0 Å². The van der Waals surface area contributed by atoms with E-state index in [0.717, 1.165) is 12.8 Å². The van der Waals surface area contributed by atoms with Gasteiger partial charge in [0.1, 0.15) is 5.69 Å². The van der Waals surface area contributed by atoms with Crippen LogP contribution in [0.1, 0.15) is 64.9 Å². The predicted octanol–water partition coefficient (Wildman–Crippen LogP) is 5.17. The molecule has 4 heteroatoms. The second kappa shape index (κ2) is 6.78. The molecule has 0 radical (unpaired) electrons. The van der Waals surface area contributed by atoms with Gasteiger partial charge >= 0.3 is 0 Å². The van der Waals surface area contributed by atoms with Crippen molar-refractivity contribution in [3.05, 3.63) is 23.0 Å². The van der Waals surface area contributed by atoms with Gasteiger partial charge in [-0.05, 0) is 24.3 Å². The minimum Gasteiger partial charge on any atom is -0.490 e. The zero-order valence-corrected chi connectivity index (χ0v) is 14.7. The highest BCUT2D eigenvalue weighted by Gasteiger charge is 2.24. The molecule has 3 nitrogen and oxygen atoms in total. The van der Waals surface area contributed by atoms with Crippen LogP contribution in [-0.4, -0.2) is 17.4 Å². The highest BCUT2D eigenvalue weighted by Crippen LogP contribution is 2.28. The molecule has 0 N–H and O–H groups in total. The zero-order valence-electron chi connectivity index (χ0n) is 13.9. The highest BCUT2D eigenvalue weighted by atomic mass is 35.5. The van der Waals surface area contributed by atoms with Crippen molar-refractivity contribution < 1.29 is 9.53 Å². The molecule has 0 saturated heterocycles. The summed E-state index contributed by atoms with van der Waals surface area (Å²) >= 11 is 6.18. The van der Waals surface area contributed by atoms with Gasteiger partial charge in [-0.2, -0.15) is 0 Å². The maximum absolute atomic E-state index is 12.1. The van der Waals surface area contributed by atoms with Crippen LogP contribution in [-0.2, 0) is 0 Å². The lowest BCUT2D eigenvalue weighted by Gasteiger charge is -2.18. The minimum absolute atomic E-state index is 0.0244. The second-order valence-electron chi connectivity index (χ2n) is 7.59. The van der Waals surface area contributed by atoms with E-state index in [1.807, 2.05) is 20.8 Å². The summed E-state index contributed by atoms with van der Waals surface area (Å²) in [6.45, 7) is 12.8. The summed E-state index contributed by atoms with van der Waals surface area (Å²) in [5.41, 5.74) is 0.217. The standard InChI is InChI=1S/C17H26ClNO2/c1-16(2,3)8-7-9-21-14-11-19-13(10-12(14)18)15(20)17(4,5)6/h10-11H,7-9H2,1-6H3. The Labute approximate surface area is 133 Å². The number of carbonyl (C=O) groups is 1. The largest absolute Gasteiger partial charge is 0.490 e. The normalized spacial score (nSPS) is 12.3. The van der Waals surface area contributed by atoms with Crippen LogP contribution in [0.2, 0.25) is 5.02 Å². The third-order valence-corrected chi connectivity index (χ3v) is 3.36. The lowest BCUT2D eigenvalue weighted by molar-refractivity contribution is 0.0853. The van der Waals surface area contributed by atoms with Gasteiger partial charge in [0.05, 0.1) is 17.8 Å². The van der Waals surface area contributed by atoms with Gasteiger partial charge < -0.3 is 4.74 Å². The van der Waals surface area contributed by atoms with Gasteiger partial charge in [-0.15, -0.1) is 0 Å². The van der Waals surface area contributed by atoms with Crippen molar-refractivity contribution in [3.8, 4) is 5.75 Å². The molecule has 0 atom stereocenters. The third-order valence-electron chi connectivity index (χ3n) is 3.06. The highest BCUT2D eigenvalue weighted by molar-refractivity contribution is 6.32. The third kappa shape index (κ3) is 6.04. The number of aromatic nitrogens is 1. The fourth-order valence-corrected chi connectivity index (χ4v) is 2.02. The number of ether oxygens (including phenoxy) is 1. The first-order chi connectivity index (χ1) is 9.50. The van der Waals surface area contributed by atoms with Crippen LogP contribution in [0.15, 0.2) is 12.3 Å². The molecule has 1 heterocycles. The summed E-state index contributed by atoms with van der Waals surface area (Å²) in [4.78, 5) is 16.3. The number of nitrogens with zero attached hydrogens (tertiary/aromatic N) is 1. The molecule has 0 saturated carbocycles. The molecule has 1 aromatic heterocycles.